The van der Waals surface area contributed by atoms with Crippen molar-refractivity contribution in [2.45, 2.75) is 45.7 Å². The third-order valence-electron chi connectivity index (χ3n) is 3.18. The molecule has 20 heavy (non-hydrogen) atoms. The molecule has 4 heteroatoms. The molecule has 1 aliphatic rings. The van der Waals surface area contributed by atoms with Gasteiger partial charge in [-0.25, -0.2) is 0 Å². The van der Waals surface area contributed by atoms with Crippen LogP contribution < -0.4 is 10.1 Å². The first-order valence-electron chi connectivity index (χ1n) is 7.18. The van der Waals surface area contributed by atoms with Gasteiger partial charge in [0.1, 0.15) is 5.75 Å². The van der Waals surface area contributed by atoms with Crippen LogP contribution in [0.3, 0.4) is 0 Å². The van der Waals surface area contributed by atoms with Gasteiger partial charge in [-0.1, -0.05) is 15.9 Å². The Morgan fingerprint density at radius 3 is 2.70 bits per heavy atom. The van der Waals surface area contributed by atoms with Crippen LogP contribution in [0.4, 0.5) is 0 Å². The first-order valence-corrected chi connectivity index (χ1v) is 7.97. The topological polar surface area (TPSA) is 30.5 Å². The van der Waals surface area contributed by atoms with Gasteiger partial charge in [-0.3, -0.25) is 0 Å². The SMILES string of the molecule is CC(C)(C)NCc1cc(Br)ccc1OCOCC1CC1. The number of benzene rings is 1. The summed E-state index contributed by atoms with van der Waals surface area (Å²) in [4.78, 5) is 0. The van der Waals surface area contributed by atoms with E-state index in [1.165, 1.54) is 12.8 Å². The summed E-state index contributed by atoms with van der Waals surface area (Å²) in [7, 11) is 0. The zero-order valence-corrected chi connectivity index (χ0v) is 14.1. The van der Waals surface area contributed by atoms with E-state index in [2.05, 4.69) is 48.1 Å². The van der Waals surface area contributed by atoms with Crippen LogP contribution in [-0.2, 0) is 11.3 Å². The highest BCUT2D eigenvalue weighted by Gasteiger charge is 2.21. The predicted octanol–water partition coefficient (Wildman–Crippen LogP) is 4.10. The molecule has 0 atom stereocenters. The molecule has 0 aliphatic heterocycles. The summed E-state index contributed by atoms with van der Waals surface area (Å²) in [6, 6.07) is 6.08. The van der Waals surface area contributed by atoms with Gasteiger partial charge in [-0.2, -0.15) is 0 Å². The maximum absolute atomic E-state index is 5.75. The maximum Gasteiger partial charge on any atom is 0.189 e. The lowest BCUT2D eigenvalue weighted by Gasteiger charge is -2.22. The molecule has 0 heterocycles. The molecule has 0 aromatic heterocycles. The zero-order valence-electron chi connectivity index (χ0n) is 12.5. The van der Waals surface area contributed by atoms with E-state index in [9.17, 15) is 0 Å². The van der Waals surface area contributed by atoms with E-state index in [4.69, 9.17) is 9.47 Å². The molecular weight excluding hydrogens is 318 g/mol. The minimum absolute atomic E-state index is 0.0854. The van der Waals surface area contributed by atoms with Gasteiger partial charge in [0.15, 0.2) is 6.79 Å². The third kappa shape index (κ3) is 5.81. The Labute approximate surface area is 130 Å². The van der Waals surface area contributed by atoms with Gasteiger partial charge in [-0.15, -0.1) is 0 Å². The minimum atomic E-state index is 0.0854. The van der Waals surface area contributed by atoms with Crippen LogP contribution in [0.1, 0.15) is 39.2 Å². The first-order chi connectivity index (χ1) is 9.44. The van der Waals surface area contributed by atoms with Gasteiger partial charge >= 0.3 is 0 Å². The van der Waals surface area contributed by atoms with Gasteiger partial charge in [-0.05, 0) is 57.7 Å². The molecular formula is C16H24BrNO2. The van der Waals surface area contributed by atoms with Gasteiger partial charge in [0, 0.05) is 22.1 Å². The Balaban J connectivity index is 1.88. The normalized spacial score (nSPS) is 15.4. The van der Waals surface area contributed by atoms with Crippen LogP contribution >= 0.6 is 15.9 Å². The number of rotatable bonds is 7. The van der Waals surface area contributed by atoms with Crippen molar-refractivity contribution in [3.05, 3.63) is 28.2 Å². The van der Waals surface area contributed by atoms with E-state index in [1.54, 1.807) is 0 Å². The van der Waals surface area contributed by atoms with Crippen molar-refractivity contribution in [2.75, 3.05) is 13.4 Å². The quantitative estimate of drug-likeness (QED) is 0.598. The third-order valence-corrected chi connectivity index (χ3v) is 3.67. The molecule has 0 unspecified atom stereocenters. The standard InChI is InChI=1S/C16H24BrNO2/c1-16(2,3)18-9-13-8-14(17)6-7-15(13)20-11-19-10-12-4-5-12/h6-8,12,18H,4-5,9-11H2,1-3H3. The lowest BCUT2D eigenvalue weighted by molar-refractivity contribution is 0.00937. The molecule has 1 aromatic carbocycles. The average Bonchev–Trinajstić information content (AvgIpc) is 3.17. The Morgan fingerprint density at radius 1 is 1.30 bits per heavy atom. The van der Waals surface area contributed by atoms with Crippen molar-refractivity contribution in [3.63, 3.8) is 0 Å². The minimum Gasteiger partial charge on any atom is -0.467 e. The van der Waals surface area contributed by atoms with Crippen molar-refractivity contribution in [2.24, 2.45) is 5.92 Å². The van der Waals surface area contributed by atoms with Gasteiger partial charge < -0.3 is 14.8 Å². The summed E-state index contributed by atoms with van der Waals surface area (Å²) in [6.45, 7) is 8.41. The highest BCUT2D eigenvalue weighted by molar-refractivity contribution is 9.10. The fourth-order valence-corrected chi connectivity index (χ4v) is 2.20. The second-order valence-corrected chi connectivity index (χ2v) is 7.35. The molecule has 1 N–H and O–H groups in total. The van der Waals surface area contributed by atoms with E-state index in [1.807, 2.05) is 12.1 Å². The van der Waals surface area contributed by atoms with Crippen molar-refractivity contribution in [1.82, 2.24) is 5.32 Å². The monoisotopic (exact) mass is 341 g/mol. The van der Waals surface area contributed by atoms with E-state index < -0.39 is 0 Å². The molecule has 1 aromatic rings. The van der Waals surface area contributed by atoms with Crippen molar-refractivity contribution in [3.8, 4) is 5.75 Å². The largest absolute Gasteiger partial charge is 0.467 e. The van der Waals surface area contributed by atoms with Crippen LogP contribution in [0, 0.1) is 5.92 Å². The molecule has 0 amide bonds. The number of ether oxygens (including phenoxy) is 2. The second kappa shape index (κ2) is 6.92. The summed E-state index contributed by atoms with van der Waals surface area (Å²) < 4.78 is 12.4. The zero-order chi connectivity index (χ0) is 14.6. The van der Waals surface area contributed by atoms with Crippen molar-refractivity contribution < 1.29 is 9.47 Å². The van der Waals surface area contributed by atoms with Crippen LogP contribution in [0.15, 0.2) is 22.7 Å². The molecule has 1 saturated carbocycles. The Kier molecular flexibility index (Phi) is 5.47. The molecule has 0 radical (unpaired) electrons. The average molecular weight is 342 g/mol. The van der Waals surface area contributed by atoms with Crippen molar-refractivity contribution >= 4 is 15.9 Å². The lowest BCUT2D eigenvalue weighted by atomic mass is 10.1. The van der Waals surface area contributed by atoms with Crippen molar-refractivity contribution in [1.29, 1.82) is 0 Å². The van der Waals surface area contributed by atoms with Crippen LogP contribution in [-0.4, -0.2) is 18.9 Å². The lowest BCUT2D eigenvalue weighted by Crippen LogP contribution is -2.35. The second-order valence-electron chi connectivity index (χ2n) is 6.43. The Morgan fingerprint density at radius 2 is 2.05 bits per heavy atom. The molecule has 3 nitrogen and oxygen atoms in total. The first kappa shape index (κ1) is 15.8. The molecule has 0 bridgehead atoms. The van der Waals surface area contributed by atoms with E-state index in [0.717, 1.165) is 34.9 Å². The fourth-order valence-electron chi connectivity index (χ4n) is 1.79. The summed E-state index contributed by atoms with van der Waals surface area (Å²) in [6.07, 6.45) is 2.61. The smallest absolute Gasteiger partial charge is 0.189 e. The summed E-state index contributed by atoms with van der Waals surface area (Å²) >= 11 is 3.51. The van der Waals surface area contributed by atoms with Crippen LogP contribution in [0.25, 0.3) is 0 Å². The summed E-state index contributed by atoms with van der Waals surface area (Å²) in [5.41, 5.74) is 1.23. The molecule has 1 aliphatic carbocycles. The maximum atomic E-state index is 5.75. The van der Waals surface area contributed by atoms with E-state index in [0.29, 0.717) is 6.79 Å². The van der Waals surface area contributed by atoms with E-state index in [-0.39, 0.29) is 5.54 Å². The number of hydrogen-bond donors (Lipinski definition) is 1. The number of nitrogens with one attached hydrogen (secondary N) is 1. The molecule has 0 spiro atoms. The van der Waals surface area contributed by atoms with Gasteiger partial charge in [0.2, 0.25) is 0 Å². The van der Waals surface area contributed by atoms with Crippen LogP contribution in [0.5, 0.6) is 5.75 Å². The highest BCUT2D eigenvalue weighted by atomic mass is 79.9. The molecule has 1 fully saturated rings. The Bertz CT molecular complexity index is 439. The molecule has 2 rings (SSSR count). The van der Waals surface area contributed by atoms with Gasteiger partial charge in [0.25, 0.3) is 0 Å². The number of hydrogen-bond acceptors (Lipinski definition) is 3. The molecule has 112 valence electrons. The summed E-state index contributed by atoms with van der Waals surface area (Å²) in [5.74, 6) is 1.66. The predicted molar refractivity (Wildman–Crippen MR) is 84.9 cm³/mol. The number of halogens is 1. The Hall–Kier alpha value is -0.580. The van der Waals surface area contributed by atoms with Gasteiger partial charge in [0.05, 0.1) is 6.61 Å². The summed E-state index contributed by atoms with van der Waals surface area (Å²) in [5, 5.41) is 3.48. The van der Waals surface area contributed by atoms with Crippen LogP contribution in [0.2, 0.25) is 0 Å². The highest BCUT2D eigenvalue weighted by Crippen LogP contribution is 2.29. The van der Waals surface area contributed by atoms with E-state index >= 15 is 0 Å². The molecule has 0 saturated heterocycles. The fraction of sp³-hybridized carbons (Fsp3) is 0.625.